The second-order valence-electron chi connectivity index (χ2n) is 6.06. The molecule has 0 aromatic heterocycles. The van der Waals surface area contributed by atoms with Gasteiger partial charge in [0.05, 0.1) is 0 Å². The fourth-order valence-corrected chi connectivity index (χ4v) is 3.87. The molecule has 104 valence electrons. The van der Waals surface area contributed by atoms with Gasteiger partial charge in [-0.1, -0.05) is 20.3 Å². The summed E-state index contributed by atoms with van der Waals surface area (Å²) in [4.78, 5) is 12.0. The molecule has 2 rings (SSSR count). The summed E-state index contributed by atoms with van der Waals surface area (Å²) >= 11 is 1.90. The Morgan fingerprint density at radius 3 is 2.56 bits per heavy atom. The van der Waals surface area contributed by atoms with E-state index in [1.807, 2.05) is 11.8 Å². The maximum absolute atomic E-state index is 12.0. The Morgan fingerprint density at radius 2 is 2.11 bits per heavy atom. The van der Waals surface area contributed by atoms with Gasteiger partial charge >= 0.3 is 0 Å². The van der Waals surface area contributed by atoms with Gasteiger partial charge in [-0.15, -0.1) is 0 Å². The zero-order valence-electron chi connectivity index (χ0n) is 11.6. The van der Waals surface area contributed by atoms with Crippen LogP contribution in [0.4, 0.5) is 0 Å². The molecule has 0 radical (unpaired) electrons. The van der Waals surface area contributed by atoms with E-state index in [1.54, 1.807) is 0 Å². The normalized spacial score (nSPS) is 24.6. The van der Waals surface area contributed by atoms with Gasteiger partial charge in [0, 0.05) is 11.8 Å². The van der Waals surface area contributed by atoms with Crippen LogP contribution in [0.2, 0.25) is 0 Å². The van der Waals surface area contributed by atoms with E-state index in [0.717, 1.165) is 30.3 Å². The van der Waals surface area contributed by atoms with E-state index in [4.69, 9.17) is 5.73 Å². The van der Waals surface area contributed by atoms with E-state index in [2.05, 4.69) is 19.2 Å². The van der Waals surface area contributed by atoms with Crippen molar-refractivity contribution >= 4 is 17.7 Å². The summed E-state index contributed by atoms with van der Waals surface area (Å²) in [5.41, 5.74) is 5.31. The SMILES string of the molecule is CCC(C)CSCC(NC1CC1)(C(N)=O)C1CC1. The fourth-order valence-electron chi connectivity index (χ4n) is 2.33. The Bertz CT molecular complexity index is 302. The Morgan fingerprint density at radius 1 is 1.44 bits per heavy atom. The van der Waals surface area contributed by atoms with Crippen LogP contribution in [0.3, 0.4) is 0 Å². The molecular weight excluding hydrogens is 244 g/mol. The molecule has 0 spiro atoms. The number of carbonyl (C=O) groups is 1. The molecule has 2 unspecified atom stereocenters. The lowest BCUT2D eigenvalue weighted by atomic mass is 9.94. The Kier molecular flexibility index (Phi) is 4.59. The largest absolute Gasteiger partial charge is 0.368 e. The van der Waals surface area contributed by atoms with E-state index >= 15 is 0 Å². The van der Waals surface area contributed by atoms with Gasteiger partial charge in [0.25, 0.3) is 0 Å². The summed E-state index contributed by atoms with van der Waals surface area (Å²) in [7, 11) is 0. The van der Waals surface area contributed by atoms with E-state index < -0.39 is 5.54 Å². The van der Waals surface area contributed by atoms with Crippen LogP contribution in [0.5, 0.6) is 0 Å². The van der Waals surface area contributed by atoms with Gasteiger partial charge in [-0.3, -0.25) is 10.1 Å². The number of thioether (sulfide) groups is 1. The molecule has 3 nitrogen and oxygen atoms in total. The predicted octanol–water partition coefficient (Wildman–Crippen LogP) is 2.15. The maximum Gasteiger partial charge on any atom is 0.238 e. The van der Waals surface area contributed by atoms with Crippen molar-refractivity contribution in [2.75, 3.05) is 11.5 Å². The number of nitrogens with two attached hydrogens (primary N) is 1. The summed E-state index contributed by atoms with van der Waals surface area (Å²) in [6, 6.07) is 0.544. The lowest BCUT2D eigenvalue weighted by molar-refractivity contribution is -0.124. The van der Waals surface area contributed by atoms with Gasteiger partial charge in [0.1, 0.15) is 5.54 Å². The van der Waals surface area contributed by atoms with Gasteiger partial charge in [0.15, 0.2) is 0 Å². The van der Waals surface area contributed by atoms with Gasteiger partial charge in [0.2, 0.25) is 5.91 Å². The molecule has 0 aliphatic heterocycles. The number of primary amides is 1. The summed E-state index contributed by atoms with van der Waals surface area (Å²) in [6.45, 7) is 4.49. The van der Waals surface area contributed by atoms with Gasteiger partial charge in [-0.25, -0.2) is 0 Å². The number of hydrogen-bond donors (Lipinski definition) is 2. The topological polar surface area (TPSA) is 55.1 Å². The molecule has 2 saturated carbocycles. The highest BCUT2D eigenvalue weighted by atomic mass is 32.2. The predicted molar refractivity (Wildman–Crippen MR) is 77.6 cm³/mol. The molecule has 1 amide bonds. The first-order chi connectivity index (χ1) is 8.58. The Labute approximate surface area is 115 Å². The highest BCUT2D eigenvalue weighted by Gasteiger charge is 2.51. The quantitative estimate of drug-likeness (QED) is 0.675. The maximum atomic E-state index is 12.0. The van der Waals surface area contributed by atoms with E-state index in [-0.39, 0.29) is 5.91 Å². The number of amides is 1. The first kappa shape index (κ1) is 14.2. The highest BCUT2D eigenvalue weighted by Crippen LogP contribution is 2.43. The zero-order valence-corrected chi connectivity index (χ0v) is 12.4. The van der Waals surface area contributed by atoms with Crippen molar-refractivity contribution in [2.24, 2.45) is 17.6 Å². The molecule has 4 heteroatoms. The van der Waals surface area contributed by atoms with E-state index in [9.17, 15) is 4.79 Å². The standard InChI is InChI=1S/C14H26N2OS/c1-3-10(2)8-18-9-14(13(15)17,11-4-5-11)16-12-6-7-12/h10-12,16H,3-9H2,1-2H3,(H2,15,17). The first-order valence-electron chi connectivity index (χ1n) is 7.24. The van der Waals surface area contributed by atoms with Crippen LogP contribution in [-0.4, -0.2) is 29.0 Å². The lowest BCUT2D eigenvalue weighted by Gasteiger charge is -2.32. The third-order valence-electron chi connectivity index (χ3n) is 4.18. The van der Waals surface area contributed by atoms with Crippen molar-refractivity contribution in [3.63, 3.8) is 0 Å². The second-order valence-corrected chi connectivity index (χ2v) is 7.09. The summed E-state index contributed by atoms with van der Waals surface area (Å²) in [5, 5.41) is 3.56. The van der Waals surface area contributed by atoms with Crippen LogP contribution in [0.1, 0.15) is 46.0 Å². The molecular formula is C14H26N2OS. The first-order valence-corrected chi connectivity index (χ1v) is 8.39. The van der Waals surface area contributed by atoms with E-state index in [1.165, 1.54) is 19.3 Å². The Hall–Kier alpha value is -0.220. The van der Waals surface area contributed by atoms with Crippen molar-refractivity contribution in [2.45, 2.75) is 57.5 Å². The number of nitrogens with one attached hydrogen (secondary N) is 1. The molecule has 2 atom stereocenters. The second kappa shape index (κ2) is 5.83. The number of carbonyl (C=O) groups excluding carboxylic acids is 1. The minimum Gasteiger partial charge on any atom is -0.368 e. The summed E-state index contributed by atoms with van der Waals surface area (Å²) in [5.74, 6) is 3.06. The number of rotatable bonds is 9. The third kappa shape index (κ3) is 3.41. The van der Waals surface area contributed by atoms with Crippen LogP contribution < -0.4 is 11.1 Å². The minimum absolute atomic E-state index is 0.131. The minimum atomic E-state index is -0.417. The van der Waals surface area contributed by atoms with Crippen LogP contribution in [0.25, 0.3) is 0 Å². The molecule has 2 fully saturated rings. The number of hydrogen-bond acceptors (Lipinski definition) is 3. The average Bonchev–Trinajstić information content (AvgIpc) is 3.18. The van der Waals surface area contributed by atoms with Crippen LogP contribution >= 0.6 is 11.8 Å². The average molecular weight is 270 g/mol. The van der Waals surface area contributed by atoms with Gasteiger partial charge in [-0.2, -0.15) is 11.8 Å². The molecule has 0 heterocycles. The zero-order chi connectivity index (χ0) is 13.2. The van der Waals surface area contributed by atoms with Crippen molar-refractivity contribution in [1.29, 1.82) is 0 Å². The van der Waals surface area contributed by atoms with Crippen molar-refractivity contribution in [3.05, 3.63) is 0 Å². The Balaban J connectivity index is 1.92. The molecule has 3 N–H and O–H groups in total. The molecule has 0 saturated heterocycles. The molecule has 0 aromatic carbocycles. The molecule has 18 heavy (non-hydrogen) atoms. The molecule has 2 aliphatic rings. The molecule has 2 aliphatic carbocycles. The monoisotopic (exact) mass is 270 g/mol. The van der Waals surface area contributed by atoms with E-state index in [0.29, 0.717) is 12.0 Å². The molecule has 0 bridgehead atoms. The van der Waals surface area contributed by atoms with Crippen molar-refractivity contribution in [3.8, 4) is 0 Å². The van der Waals surface area contributed by atoms with Crippen molar-refractivity contribution < 1.29 is 4.79 Å². The fraction of sp³-hybridized carbons (Fsp3) is 0.929. The van der Waals surface area contributed by atoms with Crippen LogP contribution in [0, 0.1) is 11.8 Å². The summed E-state index contributed by atoms with van der Waals surface area (Å²) < 4.78 is 0. The third-order valence-corrected chi connectivity index (χ3v) is 5.65. The summed E-state index contributed by atoms with van der Waals surface area (Å²) in [6.07, 6.45) is 5.94. The highest BCUT2D eigenvalue weighted by molar-refractivity contribution is 7.99. The van der Waals surface area contributed by atoms with Gasteiger partial charge < -0.3 is 5.73 Å². The molecule has 0 aromatic rings. The smallest absolute Gasteiger partial charge is 0.238 e. The van der Waals surface area contributed by atoms with Crippen LogP contribution in [0.15, 0.2) is 0 Å². The lowest BCUT2D eigenvalue weighted by Crippen LogP contribution is -2.60. The van der Waals surface area contributed by atoms with Gasteiger partial charge in [-0.05, 0) is 43.3 Å². The van der Waals surface area contributed by atoms with Crippen molar-refractivity contribution in [1.82, 2.24) is 5.32 Å². The van der Waals surface area contributed by atoms with Crippen LogP contribution in [-0.2, 0) is 4.79 Å².